The zero-order chi connectivity index (χ0) is 25.2. The molecule has 36 heavy (non-hydrogen) atoms. The molecule has 0 heterocycles. The molecular weight excluding hydrogens is 472 g/mol. The highest BCUT2D eigenvalue weighted by atomic mass is 35.5. The summed E-state index contributed by atoms with van der Waals surface area (Å²) in [5.74, 6) is 0.203. The second kappa shape index (κ2) is 13.1. The van der Waals surface area contributed by atoms with Crippen LogP contribution in [-0.4, -0.2) is 35.4 Å². The molecule has 1 N–H and O–H groups in total. The van der Waals surface area contributed by atoms with E-state index in [1.54, 1.807) is 29.2 Å². The molecule has 1 aliphatic carbocycles. The maximum atomic E-state index is 13.7. The fourth-order valence-electron chi connectivity index (χ4n) is 4.64. The van der Waals surface area contributed by atoms with E-state index >= 15 is 0 Å². The number of hydrogen-bond acceptors (Lipinski definition) is 3. The van der Waals surface area contributed by atoms with Crippen LogP contribution in [0.5, 0.6) is 5.75 Å². The normalized spacial score (nSPS) is 14.6. The van der Waals surface area contributed by atoms with Gasteiger partial charge in [-0.25, -0.2) is 0 Å². The molecule has 0 unspecified atom stereocenters. The fraction of sp³-hybridized carbons (Fsp3) is 0.333. The predicted molar refractivity (Wildman–Crippen MR) is 143 cm³/mol. The first-order valence-corrected chi connectivity index (χ1v) is 13.0. The average molecular weight is 505 g/mol. The van der Waals surface area contributed by atoms with Crippen LogP contribution in [0.1, 0.15) is 43.2 Å². The third-order valence-corrected chi connectivity index (χ3v) is 6.85. The molecule has 0 aliphatic heterocycles. The highest BCUT2D eigenvalue weighted by molar-refractivity contribution is 6.30. The Morgan fingerprint density at radius 3 is 2.11 bits per heavy atom. The van der Waals surface area contributed by atoms with Gasteiger partial charge in [0.05, 0.1) is 0 Å². The van der Waals surface area contributed by atoms with E-state index in [1.807, 2.05) is 60.7 Å². The van der Waals surface area contributed by atoms with E-state index in [-0.39, 0.29) is 24.5 Å². The number of nitrogens with zero attached hydrogens (tertiary/aromatic N) is 1. The van der Waals surface area contributed by atoms with Crippen molar-refractivity contribution in [2.75, 3.05) is 6.61 Å². The Morgan fingerprint density at radius 1 is 0.861 bits per heavy atom. The molecule has 3 aromatic carbocycles. The van der Waals surface area contributed by atoms with E-state index in [4.69, 9.17) is 16.3 Å². The number of benzene rings is 3. The van der Waals surface area contributed by atoms with Gasteiger partial charge in [-0.15, -0.1) is 0 Å². The predicted octanol–water partition coefficient (Wildman–Crippen LogP) is 5.81. The smallest absolute Gasteiger partial charge is 0.261 e. The zero-order valence-corrected chi connectivity index (χ0v) is 21.2. The summed E-state index contributed by atoms with van der Waals surface area (Å²) in [6.07, 6.45) is 5.84. The average Bonchev–Trinajstić information content (AvgIpc) is 2.92. The second-order valence-electron chi connectivity index (χ2n) is 9.30. The number of nitrogens with one attached hydrogen (secondary N) is 1. The lowest BCUT2D eigenvalue weighted by Crippen LogP contribution is -2.53. The van der Waals surface area contributed by atoms with Crippen LogP contribution in [0.2, 0.25) is 5.02 Å². The van der Waals surface area contributed by atoms with Gasteiger partial charge in [-0.2, -0.15) is 0 Å². The topological polar surface area (TPSA) is 58.6 Å². The van der Waals surface area contributed by atoms with Crippen LogP contribution >= 0.6 is 11.6 Å². The molecule has 0 radical (unpaired) electrons. The standard InChI is InChI=1S/C30H33ClN2O3/c31-25-16-18-27(19-17-25)36-22-29(34)33(21-24-12-6-2-7-13-24)28(20-23-10-4-1-5-11-23)30(35)32-26-14-8-3-9-15-26/h1-2,4-7,10-13,16-19,26,28H,3,8-9,14-15,20-22H2,(H,32,35)/t28-/m1/s1. The van der Waals surface area contributed by atoms with Crippen molar-refractivity contribution in [3.63, 3.8) is 0 Å². The number of amides is 2. The molecule has 188 valence electrons. The SMILES string of the molecule is O=C(NC1CCCCC1)[C@@H](Cc1ccccc1)N(Cc1ccccc1)C(=O)COc1ccc(Cl)cc1. The Morgan fingerprint density at radius 2 is 1.47 bits per heavy atom. The summed E-state index contributed by atoms with van der Waals surface area (Å²) >= 11 is 5.97. The van der Waals surface area contributed by atoms with Gasteiger partial charge in [0.2, 0.25) is 5.91 Å². The van der Waals surface area contributed by atoms with Crippen LogP contribution < -0.4 is 10.1 Å². The summed E-state index contributed by atoms with van der Waals surface area (Å²) in [7, 11) is 0. The lowest BCUT2D eigenvalue weighted by molar-refractivity contribution is -0.143. The first-order chi connectivity index (χ1) is 17.6. The van der Waals surface area contributed by atoms with Gasteiger partial charge in [0.15, 0.2) is 6.61 Å². The van der Waals surface area contributed by atoms with Gasteiger partial charge < -0.3 is 15.0 Å². The second-order valence-corrected chi connectivity index (χ2v) is 9.74. The first kappa shape index (κ1) is 25.8. The minimum Gasteiger partial charge on any atom is -0.484 e. The largest absolute Gasteiger partial charge is 0.484 e. The lowest BCUT2D eigenvalue weighted by atomic mass is 9.94. The van der Waals surface area contributed by atoms with Crippen molar-refractivity contribution >= 4 is 23.4 Å². The third kappa shape index (κ3) is 7.59. The molecule has 1 aliphatic rings. The summed E-state index contributed by atoms with van der Waals surface area (Å²) in [5, 5.41) is 3.85. The van der Waals surface area contributed by atoms with E-state index in [0.717, 1.165) is 36.8 Å². The molecule has 0 saturated heterocycles. The Bertz CT molecular complexity index is 1100. The van der Waals surface area contributed by atoms with Crippen molar-refractivity contribution in [1.29, 1.82) is 0 Å². The quantitative estimate of drug-likeness (QED) is 0.379. The van der Waals surface area contributed by atoms with Crippen LogP contribution in [0.3, 0.4) is 0 Å². The monoisotopic (exact) mass is 504 g/mol. The Kier molecular flexibility index (Phi) is 9.40. The van der Waals surface area contributed by atoms with Gasteiger partial charge in [0.25, 0.3) is 5.91 Å². The van der Waals surface area contributed by atoms with Crippen molar-refractivity contribution < 1.29 is 14.3 Å². The fourth-order valence-corrected chi connectivity index (χ4v) is 4.76. The molecule has 0 bridgehead atoms. The summed E-state index contributed by atoms with van der Waals surface area (Å²) in [5.41, 5.74) is 1.96. The highest BCUT2D eigenvalue weighted by Crippen LogP contribution is 2.20. The van der Waals surface area contributed by atoms with Gasteiger partial charge in [0, 0.05) is 24.0 Å². The van der Waals surface area contributed by atoms with Gasteiger partial charge in [-0.3, -0.25) is 9.59 Å². The van der Waals surface area contributed by atoms with Gasteiger partial charge in [-0.05, 0) is 48.2 Å². The minimum atomic E-state index is -0.657. The first-order valence-electron chi connectivity index (χ1n) is 12.6. The highest BCUT2D eigenvalue weighted by Gasteiger charge is 2.32. The summed E-state index contributed by atoms with van der Waals surface area (Å²) in [6, 6.07) is 26.0. The van der Waals surface area contributed by atoms with E-state index in [0.29, 0.717) is 23.7 Å². The van der Waals surface area contributed by atoms with Gasteiger partial charge in [0.1, 0.15) is 11.8 Å². The van der Waals surface area contributed by atoms with Gasteiger partial charge >= 0.3 is 0 Å². The molecule has 3 aromatic rings. The van der Waals surface area contributed by atoms with Crippen LogP contribution in [0.15, 0.2) is 84.9 Å². The van der Waals surface area contributed by atoms with Crippen molar-refractivity contribution in [3.8, 4) is 5.75 Å². The Balaban J connectivity index is 1.58. The van der Waals surface area contributed by atoms with Crippen LogP contribution in [-0.2, 0) is 22.6 Å². The Hall–Kier alpha value is -3.31. The number of halogens is 1. The molecule has 4 rings (SSSR count). The molecular formula is C30H33ClN2O3. The van der Waals surface area contributed by atoms with Crippen LogP contribution in [0.25, 0.3) is 0 Å². The van der Waals surface area contributed by atoms with E-state index < -0.39 is 6.04 Å². The van der Waals surface area contributed by atoms with Crippen molar-refractivity contribution in [3.05, 3.63) is 101 Å². The molecule has 0 spiro atoms. The van der Waals surface area contributed by atoms with Crippen molar-refractivity contribution in [2.45, 2.75) is 57.2 Å². The van der Waals surface area contributed by atoms with Gasteiger partial charge in [-0.1, -0.05) is 91.5 Å². The lowest BCUT2D eigenvalue weighted by Gasteiger charge is -2.33. The summed E-state index contributed by atoms with van der Waals surface area (Å²) in [6.45, 7) is 0.149. The minimum absolute atomic E-state index is 0.110. The van der Waals surface area contributed by atoms with Crippen molar-refractivity contribution in [2.24, 2.45) is 0 Å². The molecule has 1 atom stereocenters. The molecule has 1 saturated carbocycles. The summed E-state index contributed by atoms with van der Waals surface area (Å²) in [4.78, 5) is 29.0. The molecule has 6 heteroatoms. The third-order valence-electron chi connectivity index (χ3n) is 6.59. The maximum Gasteiger partial charge on any atom is 0.261 e. The number of hydrogen-bond donors (Lipinski definition) is 1. The Labute approximate surface area is 218 Å². The molecule has 1 fully saturated rings. The number of ether oxygens (including phenoxy) is 1. The van der Waals surface area contributed by atoms with Crippen molar-refractivity contribution in [1.82, 2.24) is 10.2 Å². The molecule has 5 nitrogen and oxygen atoms in total. The number of carbonyl (C=O) groups excluding carboxylic acids is 2. The molecule has 2 amide bonds. The van der Waals surface area contributed by atoms with E-state index in [1.165, 1.54) is 6.42 Å². The van der Waals surface area contributed by atoms with E-state index in [2.05, 4.69) is 5.32 Å². The summed E-state index contributed by atoms with van der Waals surface area (Å²) < 4.78 is 5.79. The number of rotatable bonds is 10. The zero-order valence-electron chi connectivity index (χ0n) is 20.4. The molecule has 0 aromatic heterocycles. The maximum absolute atomic E-state index is 13.7. The van der Waals surface area contributed by atoms with Crippen LogP contribution in [0.4, 0.5) is 0 Å². The van der Waals surface area contributed by atoms with E-state index in [9.17, 15) is 9.59 Å². The number of carbonyl (C=O) groups is 2. The van der Waals surface area contributed by atoms with Crippen LogP contribution in [0, 0.1) is 0 Å².